The third-order valence-electron chi connectivity index (χ3n) is 2.57. The standard InChI is InChI=1S/C13H23N3O4S/c1-3-6-14-13-5-4-12(11-15-13)21(17,18)16-7-8-20-10-9-19-2/h4-5,11,16H,3,6-10H2,1-2H3,(H,14,15). The highest BCUT2D eigenvalue weighted by Gasteiger charge is 2.13. The van der Waals surface area contributed by atoms with Gasteiger partial charge in [-0.2, -0.15) is 0 Å². The summed E-state index contributed by atoms with van der Waals surface area (Å²) >= 11 is 0. The van der Waals surface area contributed by atoms with Gasteiger partial charge in [0.1, 0.15) is 10.7 Å². The van der Waals surface area contributed by atoms with Gasteiger partial charge in [-0.1, -0.05) is 6.92 Å². The first kappa shape index (κ1) is 17.8. The summed E-state index contributed by atoms with van der Waals surface area (Å²) in [6.07, 6.45) is 2.32. The zero-order chi connectivity index (χ0) is 15.6. The average Bonchev–Trinajstić information content (AvgIpc) is 2.49. The highest BCUT2D eigenvalue weighted by Crippen LogP contribution is 2.10. The Hall–Kier alpha value is -1.22. The van der Waals surface area contributed by atoms with Gasteiger partial charge in [0.15, 0.2) is 0 Å². The number of nitrogens with one attached hydrogen (secondary N) is 2. The Bertz CT molecular complexity index is 491. The van der Waals surface area contributed by atoms with Gasteiger partial charge in [0, 0.05) is 26.4 Å². The number of nitrogens with zero attached hydrogens (tertiary/aromatic N) is 1. The molecule has 0 saturated heterocycles. The van der Waals surface area contributed by atoms with E-state index in [1.54, 1.807) is 13.2 Å². The second kappa shape index (κ2) is 9.67. The summed E-state index contributed by atoms with van der Waals surface area (Å²) in [6.45, 7) is 4.29. The lowest BCUT2D eigenvalue weighted by Crippen LogP contribution is -2.28. The molecule has 0 aliphatic rings. The monoisotopic (exact) mass is 317 g/mol. The highest BCUT2D eigenvalue weighted by molar-refractivity contribution is 7.89. The molecule has 1 rings (SSSR count). The van der Waals surface area contributed by atoms with Crippen LogP contribution in [0.15, 0.2) is 23.2 Å². The minimum absolute atomic E-state index is 0.140. The number of hydrogen-bond donors (Lipinski definition) is 2. The van der Waals surface area contributed by atoms with Gasteiger partial charge in [0.2, 0.25) is 10.0 Å². The number of ether oxygens (including phenoxy) is 2. The van der Waals surface area contributed by atoms with E-state index in [0.29, 0.717) is 25.6 Å². The molecule has 0 fully saturated rings. The van der Waals surface area contributed by atoms with Crippen LogP contribution in [-0.4, -0.2) is 53.4 Å². The Morgan fingerprint density at radius 1 is 1.19 bits per heavy atom. The molecular formula is C13H23N3O4S. The van der Waals surface area contributed by atoms with Crippen LogP contribution in [0, 0.1) is 0 Å². The first-order valence-corrected chi connectivity index (χ1v) is 8.34. The van der Waals surface area contributed by atoms with Gasteiger partial charge in [-0.25, -0.2) is 18.1 Å². The van der Waals surface area contributed by atoms with Crippen LogP contribution in [0.25, 0.3) is 0 Å². The van der Waals surface area contributed by atoms with Crippen LogP contribution in [0.3, 0.4) is 0 Å². The van der Waals surface area contributed by atoms with Gasteiger partial charge in [-0.15, -0.1) is 0 Å². The van der Waals surface area contributed by atoms with Crippen molar-refractivity contribution in [3.05, 3.63) is 18.3 Å². The fourth-order valence-corrected chi connectivity index (χ4v) is 2.43. The zero-order valence-electron chi connectivity index (χ0n) is 12.5. The fraction of sp³-hybridized carbons (Fsp3) is 0.615. The number of sulfonamides is 1. The zero-order valence-corrected chi connectivity index (χ0v) is 13.3. The number of anilines is 1. The molecule has 0 spiro atoms. The summed E-state index contributed by atoms with van der Waals surface area (Å²) in [5.41, 5.74) is 0. The van der Waals surface area contributed by atoms with Crippen molar-refractivity contribution in [2.75, 3.05) is 45.3 Å². The largest absolute Gasteiger partial charge is 0.382 e. The fourth-order valence-electron chi connectivity index (χ4n) is 1.47. The third-order valence-corrected chi connectivity index (χ3v) is 4.02. The van der Waals surface area contributed by atoms with E-state index < -0.39 is 10.0 Å². The van der Waals surface area contributed by atoms with Crippen LogP contribution in [0.5, 0.6) is 0 Å². The maximum absolute atomic E-state index is 12.0. The van der Waals surface area contributed by atoms with Crippen LogP contribution in [-0.2, 0) is 19.5 Å². The van der Waals surface area contributed by atoms with Crippen molar-refractivity contribution in [2.45, 2.75) is 18.2 Å². The SMILES string of the molecule is CCCNc1ccc(S(=O)(=O)NCCOCCOC)cn1. The molecule has 7 nitrogen and oxygen atoms in total. The van der Waals surface area contributed by atoms with E-state index in [9.17, 15) is 8.42 Å². The van der Waals surface area contributed by atoms with Gasteiger partial charge in [-0.05, 0) is 18.6 Å². The van der Waals surface area contributed by atoms with E-state index in [4.69, 9.17) is 9.47 Å². The van der Waals surface area contributed by atoms with E-state index >= 15 is 0 Å². The van der Waals surface area contributed by atoms with E-state index in [-0.39, 0.29) is 11.4 Å². The molecule has 1 aromatic heterocycles. The van der Waals surface area contributed by atoms with Crippen molar-refractivity contribution in [1.82, 2.24) is 9.71 Å². The van der Waals surface area contributed by atoms with Gasteiger partial charge >= 0.3 is 0 Å². The molecule has 0 atom stereocenters. The summed E-state index contributed by atoms with van der Waals surface area (Å²) in [7, 11) is -1.96. The van der Waals surface area contributed by atoms with Crippen molar-refractivity contribution in [1.29, 1.82) is 0 Å². The molecule has 1 heterocycles. The van der Waals surface area contributed by atoms with Gasteiger partial charge in [0.25, 0.3) is 0 Å². The number of rotatable bonds is 11. The van der Waals surface area contributed by atoms with Crippen molar-refractivity contribution >= 4 is 15.8 Å². The Labute approximate surface area is 126 Å². The van der Waals surface area contributed by atoms with Gasteiger partial charge in [-0.3, -0.25) is 0 Å². The molecule has 8 heteroatoms. The third kappa shape index (κ3) is 6.85. The lowest BCUT2D eigenvalue weighted by Gasteiger charge is -2.08. The van der Waals surface area contributed by atoms with Crippen molar-refractivity contribution in [3.8, 4) is 0 Å². The van der Waals surface area contributed by atoms with Crippen LogP contribution in [0.1, 0.15) is 13.3 Å². The second-order valence-electron chi connectivity index (χ2n) is 4.31. The maximum Gasteiger partial charge on any atom is 0.242 e. The molecule has 0 bridgehead atoms. The molecule has 0 aliphatic carbocycles. The minimum Gasteiger partial charge on any atom is -0.382 e. The summed E-state index contributed by atoms with van der Waals surface area (Å²) < 4.78 is 36.5. The molecular weight excluding hydrogens is 294 g/mol. The lowest BCUT2D eigenvalue weighted by atomic mass is 10.4. The van der Waals surface area contributed by atoms with E-state index in [0.717, 1.165) is 13.0 Å². The van der Waals surface area contributed by atoms with Crippen LogP contribution < -0.4 is 10.0 Å². The Balaban J connectivity index is 2.42. The number of aromatic nitrogens is 1. The van der Waals surface area contributed by atoms with E-state index in [1.165, 1.54) is 12.3 Å². The Morgan fingerprint density at radius 3 is 2.62 bits per heavy atom. The molecule has 120 valence electrons. The van der Waals surface area contributed by atoms with Gasteiger partial charge < -0.3 is 14.8 Å². The Kier molecular flexibility index (Phi) is 8.21. The normalized spacial score (nSPS) is 11.5. The summed E-state index contributed by atoms with van der Waals surface area (Å²) in [6, 6.07) is 3.18. The first-order chi connectivity index (χ1) is 10.1. The van der Waals surface area contributed by atoms with Crippen LogP contribution in [0.2, 0.25) is 0 Å². The van der Waals surface area contributed by atoms with Crippen molar-refractivity contribution in [2.24, 2.45) is 0 Å². The van der Waals surface area contributed by atoms with Crippen molar-refractivity contribution in [3.63, 3.8) is 0 Å². The first-order valence-electron chi connectivity index (χ1n) is 6.86. The predicted octanol–water partition coefficient (Wildman–Crippen LogP) is 0.845. The molecule has 1 aromatic rings. The molecule has 0 unspecified atom stereocenters. The molecule has 0 saturated carbocycles. The molecule has 0 radical (unpaired) electrons. The quantitative estimate of drug-likeness (QED) is 0.588. The maximum atomic E-state index is 12.0. The Morgan fingerprint density at radius 2 is 2.00 bits per heavy atom. The number of hydrogen-bond acceptors (Lipinski definition) is 6. The molecule has 0 aromatic carbocycles. The lowest BCUT2D eigenvalue weighted by molar-refractivity contribution is 0.0736. The summed E-state index contributed by atoms with van der Waals surface area (Å²) in [5.74, 6) is 0.665. The molecule has 21 heavy (non-hydrogen) atoms. The van der Waals surface area contributed by atoms with E-state index in [1.807, 2.05) is 6.92 Å². The van der Waals surface area contributed by atoms with E-state index in [2.05, 4.69) is 15.0 Å². The predicted molar refractivity (Wildman–Crippen MR) is 80.9 cm³/mol. The minimum atomic E-state index is -3.54. The highest BCUT2D eigenvalue weighted by atomic mass is 32.2. The van der Waals surface area contributed by atoms with Gasteiger partial charge in [0.05, 0.1) is 19.8 Å². The number of pyridine rings is 1. The van der Waals surface area contributed by atoms with Crippen molar-refractivity contribution < 1.29 is 17.9 Å². The summed E-state index contributed by atoms with van der Waals surface area (Å²) in [5, 5.41) is 3.09. The smallest absolute Gasteiger partial charge is 0.242 e. The number of methoxy groups -OCH3 is 1. The topological polar surface area (TPSA) is 89.6 Å². The van der Waals surface area contributed by atoms with Crippen LogP contribution in [0.4, 0.5) is 5.82 Å². The molecule has 0 aliphatic heterocycles. The van der Waals surface area contributed by atoms with Crippen LogP contribution >= 0.6 is 0 Å². The summed E-state index contributed by atoms with van der Waals surface area (Å²) in [4.78, 5) is 4.21. The molecule has 0 amide bonds. The average molecular weight is 317 g/mol. The second-order valence-corrected chi connectivity index (χ2v) is 6.08. The molecule has 2 N–H and O–H groups in total.